The standard InChI is InChI=1S/C20H18N6O3/c1-13-18(14(2)29-23-13)11-28-19-6-4-3-5-17(19)20(27)22-15-7-9-16(10-8-15)26-12-21-24-25-26/h3-10,12H,11H2,1-2H3,(H,22,27). The van der Waals surface area contributed by atoms with E-state index in [0.717, 1.165) is 16.9 Å². The van der Waals surface area contributed by atoms with E-state index in [-0.39, 0.29) is 12.5 Å². The van der Waals surface area contributed by atoms with Crippen molar-refractivity contribution < 1.29 is 14.1 Å². The van der Waals surface area contributed by atoms with Crippen LogP contribution in [0, 0.1) is 13.8 Å². The molecule has 29 heavy (non-hydrogen) atoms. The van der Waals surface area contributed by atoms with Crippen molar-refractivity contribution in [3.8, 4) is 11.4 Å². The Labute approximate surface area is 166 Å². The number of rotatable bonds is 6. The lowest BCUT2D eigenvalue weighted by atomic mass is 10.1. The molecule has 0 fully saturated rings. The van der Waals surface area contributed by atoms with Gasteiger partial charge in [-0.25, -0.2) is 4.68 Å². The van der Waals surface area contributed by atoms with Gasteiger partial charge in [0.15, 0.2) is 0 Å². The average Bonchev–Trinajstić information content (AvgIpc) is 3.38. The molecule has 0 atom stereocenters. The van der Waals surface area contributed by atoms with Crippen molar-refractivity contribution in [2.24, 2.45) is 0 Å². The fourth-order valence-corrected chi connectivity index (χ4v) is 2.81. The molecule has 4 rings (SSSR count). The fourth-order valence-electron chi connectivity index (χ4n) is 2.81. The molecule has 0 aliphatic rings. The third kappa shape index (κ3) is 3.98. The van der Waals surface area contributed by atoms with Crippen LogP contribution in [0.3, 0.4) is 0 Å². The second-order valence-electron chi connectivity index (χ2n) is 6.34. The van der Waals surface area contributed by atoms with Gasteiger partial charge in [0.1, 0.15) is 24.4 Å². The highest BCUT2D eigenvalue weighted by molar-refractivity contribution is 6.06. The normalized spacial score (nSPS) is 10.7. The molecule has 0 saturated carbocycles. The van der Waals surface area contributed by atoms with Crippen LogP contribution >= 0.6 is 0 Å². The highest BCUT2D eigenvalue weighted by atomic mass is 16.5. The van der Waals surface area contributed by atoms with Crippen LogP contribution < -0.4 is 10.1 Å². The molecule has 0 aliphatic carbocycles. The maximum atomic E-state index is 12.8. The smallest absolute Gasteiger partial charge is 0.259 e. The van der Waals surface area contributed by atoms with Crippen LogP contribution in [0.2, 0.25) is 0 Å². The Morgan fingerprint density at radius 1 is 1.14 bits per heavy atom. The first-order chi connectivity index (χ1) is 14.1. The second kappa shape index (κ2) is 7.93. The molecule has 0 unspecified atom stereocenters. The molecule has 2 aromatic heterocycles. The minimum atomic E-state index is -0.269. The van der Waals surface area contributed by atoms with Crippen molar-refractivity contribution in [3.05, 3.63) is 77.4 Å². The van der Waals surface area contributed by atoms with E-state index in [4.69, 9.17) is 9.26 Å². The van der Waals surface area contributed by atoms with E-state index in [1.54, 1.807) is 30.3 Å². The van der Waals surface area contributed by atoms with Gasteiger partial charge in [-0.1, -0.05) is 17.3 Å². The van der Waals surface area contributed by atoms with E-state index in [0.29, 0.717) is 22.8 Å². The summed E-state index contributed by atoms with van der Waals surface area (Å²) in [7, 11) is 0. The van der Waals surface area contributed by atoms with Crippen LogP contribution in [0.25, 0.3) is 5.69 Å². The van der Waals surface area contributed by atoms with Crippen molar-refractivity contribution in [1.29, 1.82) is 0 Å². The van der Waals surface area contributed by atoms with Crippen LogP contribution in [0.1, 0.15) is 27.4 Å². The Morgan fingerprint density at radius 2 is 1.93 bits per heavy atom. The molecule has 0 aliphatic heterocycles. The summed E-state index contributed by atoms with van der Waals surface area (Å²) in [5.74, 6) is 0.914. The van der Waals surface area contributed by atoms with Crippen LogP contribution in [-0.4, -0.2) is 31.3 Å². The summed E-state index contributed by atoms with van der Waals surface area (Å²) in [6, 6.07) is 14.3. The quantitative estimate of drug-likeness (QED) is 0.539. The molecule has 1 amide bonds. The summed E-state index contributed by atoms with van der Waals surface area (Å²) in [5, 5.41) is 17.8. The van der Waals surface area contributed by atoms with Gasteiger partial charge in [0.05, 0.1) is 22.5 Å². The van der Waals surface area contributed by atoms with E-state index < -0.39 is 0 Å². The van der Waals surface area contributed by atoms with Crippen molar-refractivity contribution in [2.45, 2.75) is 20.5 Å². The predicted octanol–water partition coefficient (Wildman–Crippen LogP) is 3.10. The van der Waals surface area contributed by atoms with Gasteiger partial charge in [0.25, 0.3) is 5.91 Å². The fraction of sp³-hybridized carbons (Fsp3) is 0.150. The van der Waals surface area contributed by atoms with Crippen molar-refractivity contribution in [2.75, 3.05) is 5.32 Å². The van der Waals surface area contributed by atoms with Gasteiger partial charge in [-0.05, 0) is 60.7 Å². The van der Waals surface area contributed by atoms with Crippen LogP contribution in [0.5, 0.6) is 5.75 Å². The first kappa shape index (κ1) is 18.4. The summed E-state index contributed by atoms with van der Waals surface area (Å²) in [5.41, 5.74) is 3.51. The zero-order valence-corrected chi connectivity index (χ0v) is 15.9. The Balaban J connectivity index is 1.47. The molecule has 2 heterocycles. The lowest BCUT2D eigenvalue weighted by Gasteiger charge is -2.12. The first-order valence-corrected chi connectivity index (χ1v) is 8.90. The number of hydrogen-bond acceptors (Lipinski definition) is 7. The van der Waals surface area contributed by atoms with Gasteiger partial charge >= 0.3 is 0 Å². The lowest BCUT2D eigenvalue weighted by Crippen LogP contribution is -2.14. The van der Waals surface area contributed by atoms with Gasteiger partial charge in [-0.3, -0.25) is 4.79 Å². The molecule has 0 bridgehead atoms. The van der Waals surface area contributed by atoms with Gasteiger partial charge in [-0.15, -0.1) is 5.10 Å². The number of amides is 1. The average molecular weight is 390 g/mol. The van der Waals surface area contributed by atoms with Crippen molar-refractivity contribution in [1.82, 2.24) is 25.4 Å². The van der Waals surface area contributed by atoms with Gasteiger partial charge in [-0.2, -0.15) is 0 Å². The van der Waals surface area contributed by atoms with Crippen molar-refractivity contribution in [3.63, 3.8) is 0 Å². The topological polar surface area (TPSA) is 108 Å². The van der Waals surface area contributed by atoms with Crippen LogP contribution in [0.4, 0.5) is 5.69 Å². The third-order valence-corrected chi connectivity index (χ3v) is 4.42. The first-order valence-electron chi connectivity index (χ1n) is 8.90. The molecule has 1 N–H and O–H groups in total. The summed E-state index contributed by atoms with van der Waals surface area (Å²) in [4.78, 5) is 12.8. The summed E-state index contributed by atoms with van der Waals surface area (Å²) < 4.78 is 12.6. The number of ether oxygens (including phenoxy) is 1. The number of aryl methyl sites for hydroxylation is 2. The zero-order chi connectivity index (χ0) is 20.2. The third-order valence-electron chi connectivity index (χ3n) is 4.42. The summed E-state index contributed by atoms with van der Waals surface area (Å²) in [6.07, 6.45) is 1.50. The molecule has 0 spiro atoms. The minimum Gasteiger partial charge on any atom is -0.488 e. The monoisotopic (exact) mass is 390 g/mol. The molecule has 0 saturated heterocycles. The Bertz CT molecular complexity index is 1100. The van der Waals surface area contributed by atoms with Gasteiger partial charge in [0, 0.05) is 5.69 Å². The summed E-state index contributed by atoms with van der Waals surface area (Å²) in [6.45, 7) is 3.95. The number of nitrogens with one attached hydrogen (secondary N) is 1. The zero-order valence-electron chi connectivity index (χ0n) is 15.9. The predicted molar refractivity (Wildman–Crippen MR) is 104 cm³/mol. The maximum Gasteiger partial charge on any atom is 0.259 e. The number of hydrogen-bond donors (Lipinski definition) is 1. The number of para-hydroxylation sites is 1. The maximum absolute atomic E-state index is 12.8. The highest BCUT2D eigenvalue weighted by Crippen LogP contribution is 2.23. The molecule has 0 radical (unpaired) electrons. The van der Waals surface area contributed by atoms with Crippen LogP contribution in [0.15, 0.2) is 59.4 Å². The van der Waals surface area contributed by atoms with E-state index in [2.05, 4.69) is 26.0 Å². The van der Waals surface area contributed by atoms with Gasteiger partial charge < -0.3 is 14.6 Å². The van der Waals surface area contributed by atoms with Crippen LogP contribution in [-0.2, 0) is 6.61 Å². The number of carbonyl (C=O) groups is 1. The largest absolute Gasteiger partial charge is 0.488 e. The number of benzene rings is 2. The number of tetrazole rings is 1. The van der Waals surface area contributed by atoms with E-state index in [9.17, 15) is 4.79 Å². The van der Waals surface area contributed by atoms with Crippen molar-refractivity contribution >= 4 is 11.6 Å². The molecular formula is C20H18N6O3. The van der Waals surface area contributed by atoms with E-state index in [1.165, 1.54) is 11.0 Å². The molecular weight excluding hydrogens is 372 g/mol. The Hall–Kier alpha value is -4.01. The van der Waals surface area contributed by atoms with Gasteiger partial charge in [0.2, 0.25) is 0 Å². The SMILES string of the molecule is Cc1noc(C)c1COc1ccccc1C(=O)Nc1ccc(-n2cnnn2)cc1. The molecule has 4 aromatic rings. The molecule has 146 valence electrons. The second-order valence-corrected chi connectivity index (χ2v) is 6.34. The molecule has 9 nitrogen and oxygen atoms in total. The van der Waals surface area contributed by atoms with E-state index in [1.807, 2.05) is 32.0 Å². The number of anilines is 1. The molecule has 2 aromatic carbocycles. The molecule has 9 heteroatoms. The minimum absolute atomic E-state index is 0.269. The highest BCUT2D eigenvalue weighted by Gasteiger charge is 2.15. The summed E-state index contributed by atoms with van der Waals surface area (Å²) >= 11 is 0. The van der Waals surface area contributed by atoms with E-state index >= 15 is 0 Å². The Morgan fingerprint density at radius 3 is 2.62 bits per heavy atom. The Kier molecular flexibility index (Phi) is 5.02. The number of carbonyl (C=O) groups excluding carboxylic acids is 1. The number of aromatic nitrogens is 5. The lowest BCUT2D eigenvalue weighted by molar-refractivity contribution is 0.102. The number of nitrogens with zero attached hydrogens (tertiary/aromatic N) is 5.